The molecule has 0 aliphatic rings. The van der Waals surface area contributed by atoms with Crippen molar-refractivity contribution in [2.75, 3.05) is 51.2 Å². The van der Waals surface area contributed by atoms with Crippen LogP contribution in [0.25, 0.3) is 0 Å². The highest BCUT2D eigenvalue weighted by Gasteiger charge is 2.13. The fourth-order valence-corrected chi connectivity index (χ4v) is 2.83. The lowest BCUT2D eigenvalue weighted by Gasteiger charge is -2.20. The van der Waals surface area contributed by atoms with Gasteiger partial charge >= 0.3 is 5.97 Å². The van der Waals surface area contributed by atoms with E-state index in [1.54, 1.807) is 14.2 Å². The molecule has 1 aromatic rings. The maximum absolute atomic E-state index is 10.5. The van der Waals surface area contributed by atoms with Crippen LogP contribution in [0.15, 0.2) is 4.34 Å². The van der Waals surface area contributed by atoms with Gasteiger partial charge in [0.2, 0.25) is 5.13 Å². The van der Waals surface area contributed by atoms with Gasteiger partial charge in [-0.3, -0.25) is 4.79 Å². The summed E-state index contributed by atoms with van der Waals surface area (Å²) < 4.78 is 10.8. The van der Waals surface area contributed by atoms with Crippen molar-refractivity contribution in [3.8, 4) is 0 Å². The second kappa shape index (κ2) is 9.08. The average Bonchev–Trinajstić information content (AvgIpc) is 2.85. The van der Waals surface area contributed by atoms with E-state index in [0.717, 1.165) is 5.13 Å². The minimum Gasteiger partial charge on any atom is -0.481 e. The zero-order valence-corrected chi connectivity index (χ0v) is 12.5. The van der Waals surface area contributed by atoms with E-state index in [1.807, 2.05) is 4.90 Å². The standard InChI is InChI=1S/C10H17N3O4S2/c1-16-5-3-13(4-6-17-2)9-11-12-10(19-9)18-7-8(14)15/h3-7H2,1-2H3,(H,14,15). The molecule has 0 unspecified atom stereocenters. The van der Waals surface area contributed by atoms with Crippen molar-refractivity contribution in [1.82, 2.24) is 10.2 Å². The van der Waals surface area contributed by atoms with Crippen molar-refractivity contribution >= 4 is 34.2 Å². The molecule has 0 saturated carbocycles. The van der Waals surface area contributed by atoms with Gasteiger partial charge in [0, 0.05) is 27.3 Å². The third-order valence-corrected chi connectivity index (χ3v) is 4.22. The van der Waals surface area contributed by atoms with Crippen LogP contribution in [0.4, 0.5) is 5.13 Å². The van der Waals surface area contributed by atoms with Crippen molar-refractivity contribution in [2.45, 2.75) is 4.34 Å². The Morgan fingerprint density at radius 2 is 1.95 bits per heavy atom. The Kier molecular flexibility index (Phi) is 7.72. The zero-order valence-electron chi connectivity index (χ0n) is 10.9. The van der Waals surface area contributed by atoms with E-state index in [9.17, 15) is 4.79 Å². The summed E-state index contributed by atoms with van der Waals surface area (Å²) in [5, 5.41) is 17.4. The van der Waals surface area contributed by atoms with Gasteiger partial charge in [-0.25, -0.2) is 0 Å². The Balaban J connectivity index is 2.59. The molecule has 108 valence electrons. The second-order valence-corrected chi connectivity index (χ2v) is 5.68. The maximum atomic E-state index is 10.5. The number of thioether (sulfide) groups is 1. The number of hydrogen-bond donors (Lipinski definition) is 1. The molecule has 19 heavy (non-hydrogen) atoms. The number of aromatic nitrogens is 2. The molecule has 0 saturated heterocycles. The Labute approximate surface area is 119 Å². The van der Waals surface area contributed by atoms with Crippen LogP contribution < -0.4 is 4.90 Å². The Morgan fingerprint density at radius 3 is 2.47 bits per heavy atom. The summed E-state index contributed by atoms with van der Waals surface area (Å²) >= 11 is 2.55. The predicted octanol–water partition coefficient (Wildman–Crippen LogP) is 0.814. The van der Waals surface area contributed by atoms with Crippen molar-refractivity contribution in [3.63, 3.8) is 0 Å². The molecule has 1 heterocycles. The SMILES string of the molecule is COCCN(CCOC)c1nnc(SCC(=O)O)s1. The quantitative estimate of drug-likeness (QED) is 0.636. The lowest BCUT2D eigenvalue weighted by atomic mass is 10.5. The molecule has 0 amide bonds. The maximum Gasteiger partial charge on any atom is 0.313 e. The molecule has 0 aliphatic heterocycles. The number of nitrogens with zero attached hydrogens (tertiary/aromatic N) is 3. The number of carboxylic acid groups (broad SMARTS) is 1. The number of anilines is 1. The molecule has 1 N–H and O–H groups in total. The number of methoxy groups -OCH3 is 2. The first-order valence-corrected chi connectivity index (χ1v) is 7.38. The smallest absolute Gasteiger partial charge is 0.313 e. The molecule has 1 rings (SSSR count). The summed E-state index contributed by atoms with van der Waals surface area (Å²) in [6, 6.07) is 0. The highest BCUT2D eigenvalue weighted by molar-refractivity contribution is 8.01. The normalized spacial score (nSPS) is 10.6. The highest BCUT2D eigenvalue weighted by atomic mass is 32.2. The van der Waals surface area contributed by atoms with Gasteiger partial charge in [-0.15, -0.1) is 10.2 Å². The van der Waals surface area contributed by atoms with E-state index in [2.05, 4.69) is 10.2 Å². The molecule has 0 atom stereocenters. The van der Waals surface area contributed by atoms with Gasteiger partial charge in [0.25, 0.3) is 0 Å². The van der Waals surface area contributed by atoms with Gasteiger partial charge in [0.1, 0.15) is 0 Å². The minimum atomic E-state index is -0.864. The summed E-state index contributed by atoms with van der Waals surface area (Å²) in [6.07, 6.45) is 0. The number of hydrogen-bond acceptors (Lipinski definition) is 8. The highest BCUT2D eigenvalue weighted by Crippen LogP contribution is 2.27. The fourth-order valence-electron chi connectivity index (χ4n) is 1.22. The molecule has 0 spiro atoms. The summed E-state index contributed by atoms with van der Waals surface area (Å²) in [4.78, 5) is 12.5. The van der Waals surface area contributed by atoms with Crippen LogP contribution in [0, 0.1) is 0 Å². The summed E-state index contributed by atoms with van der Waals surface area (Å²) in [7, 11) is 3.28. The molecule has 0 aromatic carbocycles. The molecular formula is C10H17N3O4S2. The lowest BCUT2D eigenvalue weighted by molar-refractivity contribution is -0.133. The third kappa shape index (κ3) is 6.19. The van der Waals surface area contributed by atoms with Crippen molar-refractivity contribution < 1.29 is 19.4 Å². The summed E-state index contributed by atoms with van der Waals surface area (Å²) in [5.74, 6) is -0.873. The van der Waals surface area contributed by atoms with E-state index < -0.39 is 5.97 Å². The molecule has 7 nitrogen and oxygen atoms in total. The first kappa shape index (κ1) is 16.2. The van der Waals surface area contributed by atoms with Crippen LogP contribution >= 0.6 is 23.1 Å². The molecule has 1 aromatic heterocycles. The molecule has 0 bridgehead atoms. The molecule has 0 aliphatic carbocycles. The van der Waals surface area contributed by atoms with Gasteiger partial charge < -0.3 is 19.5 Å². The van der Waals surface area contributed by atoms with Gasteiger partial charge in [-0.2, -0.15) is 0 Å². The number of ether oxygens (including phenoxy) is 2. The van der Waals surface area contributed by atoms with E-state index in [-0.39, 0.29) is 5.75 Å². The van der Waals surface area contributed by atoms with Gasteiger partial charge in [-0.1, -0.05) is 23.1 Å². The first-order chi connectivity index (χ1) is 9.17. The predicted molar refractivity (Wildman–Crippen MR) is 74.2 cm³/mol. The fraction of sp³-hybridized carbons (Fsp3) is 0.700. The average molecular weight is 307 g/mol. The van der Waals surface area contributed by atoms with E-state index in [1.165, 1.54) is 23.1 Å². The topological polar surface area (TPSA) is 84.8 Å². The summed E-state index contributed by atoms with van der Waals surface area (Å²) in [6.45, 7) is 2.55. The number of aliphatic carboxylic acids is 1. The summed E-state index contributed by atoms with van der Waals surface area (Å²) in [5.41, 5.74) is 0. The minimum absolute atomic E-state index is 0.00915. The van der Waals surface area contributed by atoms with Gasteiger partial charge in [0.05, 0.1) is 19.0 Å². The number of carbonyl (C=O) groups is 1. The Bertz CT molecular complexity index is 381. The van der Waals surface area contributed by atoms with Crippen LogP contribution in [0.3, 0.4) is 0 Å². The van der Waals surface area contributed by atoms with E-state index >= 15 is 0 Å². The van der Waals surface area contributed by atoms with Crippen LogP contribution in [0.2, 0.25) is 0 Å². The lowest BCUT2D eigenvalue weighted by Crippen LogP contribution is -2.30. The first-order valence-electron chi connectivity index (χ1n) is 5.58. The van der Waals surface area contributed by atoms with Crippen LogP contribution in [0.1, 0.15) is 0 Å². The second-order valence-electron chi connectivity index (χ2n) is 3.51. The van der Waals surface area contributed by atoms with Crippen LogP contribution in [-0.4, -0.2) is 67.5 Å². The largest absolute Gasteiger partial charge is 0.481 e. The van der Waals surface area contributed by atoms with Gasteiger partial charge in [-0.05, 0) is 0 Å². The zero-order chi connectivity index (χ0) is 14.1. The monoisotopic (exact) mass is 307 g/mol. The molecule has 0 radical (unpaired) electrons. The van der Waals surface area contributed by atoms with Crippen molar-refractivity contribution in [3.05, 3.63) is 0 Å². The van der Waals surface area contributed by atoms with Crippen LogP contribution in [-0.2, 0) is 14.3 Å². The van der Waals surface area contributed by atoms with E-state index in [0.29, 0.717) is 30.6 Å². The van der Waals surface area contributed by atoms with Crippen molar-refractivity contribution in [1.29, 1.82) is 0 Å². The Hall–Kier alpha value is -0.900. The number of carboxylic acids is 1. The Morgan fingerprint density at radius 1 is 1.32 bits per heavy atom. The van der Waals surface area contributed by atoms with Crippen molar-refractivity contribution in [2.24, 2.45) is 0 Å². The number of rotatable bonds is 10. The third-order valence-electron chi connectivity index (χ3n) is 2.12. The molecule has 9 heteroatoms. The molecular weight excluding hydrogens is 290 g/mol. The van der Waals surface area contributed by atoms with E-state index in [4.69, 9.17) is 14.6 Å². The van der Waals surface area contributed by atoms with Crippen LogP contribution in [0.5, 0.6) is 0 Å². The molecule has 0 fully saturated rings. The van der Waals surface area contributed by atoms with Gasteiger partial charge in [0.15, 0.2) is 4.34 Å².